The zero-order chi connectivity index (χ0) is 14.0. The SMILES string of the molecule is CCC(=O)Nc1cc(Cl)cc2c(C(=O)O)nccc12. The van der Waals surface area contributed by atoms with Crippen LogP contribution in [0.25, 0.3) is 10.8 Å². The highest BCUT2D eigenvalue weighted by atomic mass is 35.5. The minimum atomic E-state index is -1.14. The summed E-state index contributed by atoms with van der Waals surface area (Å²) in [5.41, 5.74) is 0.395. The summed E-state index contributed by atoms with van der Waals surface area (Å²) in [4.78, 5) is 26.4. The molecule has 1 heterocycles. The van der Waals surface area contributed by atoms with Gasteiger partial charge in [0, 0.05) is 28.4 Å². The van der Waals surface area contributed by atoms with E-state index in [1.165, 1.54) is 12.3 Å². The van der Waals surface area contributed by atoms with E-state index in [9.17, 15) is 9.59 Å². The monoisotopic (exact) mass is 278 g/mol. The summed E-state index contributed by atoms with van der Waals surface area (Å²) in [5.74, 6) is -1.31. The Bertz CT molecular complexity index is 670. The quantitative estimate of drug-likeness (QED) is 0.905. The number of carboxylic acids is 1. The van der Waals surface area contributed by atoms with Crippen LogP contribution in [0, 0.1) is 0 Å². The van der Waals surface area contributed by atoms with Crippen molar-refractivity contribution in [3.63, 3.8) is 0 Å². The van der Waals surface area contributed by atoms with E-state index >= 15 is 0 Å². The van der Waals surface area contributed by atoms with Crippen molar-refractivity contribution in [2.45, 2.75) is 13.3 Å². The summed E-state index contributed by atoms with van der Waals surface area (Å²) in [5, 5.41) is 13.1. The van der Waals surface area contributed by atoms with Gasteiger partial charge in [0.15, 0.2) is 5.69 Å². The van der Waals surface area contributed by atoms with Gasteiger partial charge in [0.1, 0.15) is 0 Å². The molecule has 2 rings (SSSR count). The Morgan fingerprint density at radius 3 is 2.74 bits per heavy atom. The van der Waals surface area contributed by atoms with Crippen molar-refractivity contribution in [3.8, 4) is 0 Å². The van der Waals surface area contributed by atoms with Gasteiger partial charge in [-0.2, -0.15) is 0 Å². The molecule has 0 atom stereocenters. The van der Waals surface area contributed by atoms with E-state index < -0.39 is 5.97 Å². The molecule has 1 aromatic heterocycles. The molecule has 0 aliphatic rings. The molecule has 1 aromatic carbocycles. The topological polar surface area (TPSA) is 79.3 Å². The summed E-state index contributed by atoms with van der Waals surface area (Å²) < 4.78 is 0. The first-order valence-corrected chi connectivity index (χ1v) is 6.02. The van der Waals surface area contributed by atoms with Gasteiger partial charge in [-0.3, -0.25) is 4.79 Å². The van der Waals surface area contributed by atoms with E-state index in [-0.39, 0.29) is 11.6 Å². The molecule has 19 heavy (non-hydrogen) atoms. The number of halogens is 1. The van der Waals surface area contributed by atoms with Crippen LogP contribution in [0.1, 0.15) is 23.8 Å². The van der Waals surface area contributed by atoms with Crippen molar-refractivity contribution in [2.75, 3.05) is 5.32 Å². The molecule has 0 saturated heterocycles. The Balaban J connectivity index is 2.68. The number of hydrogen-bond donors (Lipinski definition) is 2. The Labute approximate surface area is 114 Å². The maximum absolute atomic E-state index is 11.5. The maximum atomic E-state index is 11.5. The van der Waals surface area contributed by atoms with Crippen LogP contribution in [-0.4, -0.2) is 22.0 Å². The van der Waals surface area contributed by atoms with Crippen LogP contribution in [0.4, 0.5) is 5.69 Å². The molecule has 98 valence electrons. The number of hydrogen-bond acceptors (Lipinski definition) is 3. The third-order valence-corrected chi connectivity index (χ3v) is 2.86. The number of nitrogens with one attached hydrogen (secondary N) is 1. The fourth-order valence-corrected chi connectivity index (χ4v) is 1.98. The molecule has 6 heteroatoms. The van der Waals surface area contributed by atoms with E-state index in [0.717, 1.165) is 0 Å². The number of carbonyl (C=O) groups excluding carboxylic acids is 1. The van der Waals surface area contributed by atoms with Gasteiger partial charge in [0.05, 0.1) is 5.69 Å². The number of rotatable bonds is 3. The molecule has 0 saturated carbocycles. The number of aromatic carboxylic acids is 1. The number of aromatic nitrogens is 1. The third-order valence-electron chi connectivity index (χ3n) is 2.64. The average molecular weight is 279 g/mol. The van der Waals surface area contributed by atoms with Crippen LogP contribution in [-0.2, 0) is 4.79 Å². The summed E-state index contributed by atoms with van der Waals surface area (Å²) in [7, 11) is 0. The van der Waals surface area contributed by atoms with Gasteiger partial charge in [-0.15, -0.1) is 0 Å². The van der Waals surface area contributed by atoms with Crippen LogP contribution in [0.2, 0.25) is 5.02 Å². The Kier molecular flexibility index (Phi) is 3.66. The number of anilines is 1. The normalized spacial score (nSPS) is 10.4. The molecular weight excluding hydrogens is 268 g/mol. The zero-order valence-corrected chi connectivity index (χ0v) is 10.9. The lowest BCUT2D eigenvalue weighted by molar-refractivity contribution is -0.115. The molecule has 5 nitrogen and oxygen atoms in total. The highest BCUT2D eigenvalue weighted by molar-refractivity contribution is 6.32. The second kappa shape index (κ2) is 5.24. The number of benzene rings is 1. The van der Waals surface area contributed by atoms with Gasteiger partial charge in [0.25, 0.3) is 0 Å². The Morgan fingerprint density at radius 1 is 1.37 bits per heavy atom. The van der Waals surface area contributed by atoms with Gasteiger partial charge in [-0.05, 0) is 18.2 Å². The number of nitrogens with zero attached hydrogens (tertiary/aromatic N) is 1. The lowest BCUT2D eigenvalue weighted by Gasteiger charge is -2.10. The fourth-order valence-electron chi connectivity index (χ4n) is 1.76. The zero-order valence-electron chi connectivity index (χ0n) is 10.1. The van der Waals surface area contributed by atoms with Crippen LogP contribution in [0.3, 0.4) is 0 Å². The van der Waals surface area contributed by atoms with Crippen molar-refractivity contribution in [1.29, 1.82) is 0 Å². The molecule has 0 aliphatic carbocycles. The average Bonchev–Trinajstić information content (AvgIpc) is 2.37. The second-order valence-electron chi connectivity index (χ2n) is 3.91. The van der Waals surface area contributed by atoms with Gasteiger partial charge in [-0.1, -0.05) is 18.5 Å². The Morgan fingerprint density at radius 2 is 2.11 bits per heavy atom. The van der Waals surface area contributed by atoms with Crippen molar-refractivity contribution < 1.29 is 14.7 Å². The molecule has 0 aliphatic heterocycles. The summed E-state index contributed by atoms with van der Waals surface area (Å²) in [6, 6.07) is 4.75. The van der Waals surface area contributed by atoms with E-state index in [0.29, 0.717) is 27.9 Å². The molecule has 2 aromatic rings. The number of amides is 1. The van der Waals surface area contributed by atoms with Crippen LogP contribution < -0.4 is 5.32 Å². The summed E-state index contributed by atoms with van der Waals surface area (Å²) >= 11 is 5.96. The Hall–Kier alpha value is -2.14. The van der Waals surface area contributed by atoms with E-state index in [1.807, 2.05) is 0 Å². The smallest absolute Gasteiger partial charge is 0.355 e. The van der Waals surface area contributed by atoms with Crippen LogP contribution in [0.5, 0.6) is 0 Å². The molecule has 0 radical (unpaired) electrons. The van der Waals surface area contributed by atoms with Gasteiger partial charge >= 0.3 is 5.97 Å². The van der Waals surface area contributed by atoms with Crippen molar-refractivity contribution in [2.24, 2.45) is 0 Å². The van der Waals surface area contributed by atoms with Gasteiger partial charge in [-0.25, -0.2) is 9.78 Å². The lowest BCUT2D eigenvalue weighted by Crippen LogP contribution is -2.10. The first kappa shape index (κ1) is 13.3. The van der Waals surface area contributed by atoms with Crippen molar-refractivity contribution >= 4 is 39.9 Å². The van der Waals surface area contributed by atoms with Crippen LogP contribution >= 0.6 is 11.6 Å². The minimum Gasteiger partial charge on any atom is -0.476 e. The van der Waals surface area contributed by atoms with Gasteiger partial charge < -0.3 is 10.4 Å². The standard InChI is InChI=1S/C13H11ClN2O3/c1-2-11(17)16-10-6-7(14)5-9-8(10)3-4-15-12(9)13(18)19/h3-6H,2H2,1H3,(H,16,17)(H,18,19). The highest BCUT2D eigenvalue weighted by Crippen LogP contribution is 2.29. The molecule has 1 amide bonds. The molecular formula is C13H11ClN2O3. The molecule has 0 bridgehead atoms. The third kappa shape index (κ3) is 2.66. The summed E-state index contributed by atoms with van der Waals surface area (Å²) in [6.45, 7) is 1.73. The first-order chi connectivity index (χ1) is 9.02. The molecule has 0 fully saturated rings. The number of fused-ring (bicyclic) bond motifs is 1. The minimum absolute atomic E-state index is 0.0907. The largest absolute Gasteiger partial charge is 0.476 e. The second-order valence-corrected chi connectivity index (χ2v) is 4.35. The van der Waals surface area contributed by atoms with E-state index in [2.05, 4.69) is 10.3 Å². The molecule has 2 N–H and O–H groups in total. The van der Waals surface area contributed by atoms with Crippen molar-refractivity contribution in [1.82, 2.24) is 4.98 Å². The van der Waals surface area contributed by atoms with E-state index in [1.54, 1.807) is 19.1 Å². The number of pyridine rings is 1. The van der Waals surface area contributed by atoms with Crippen molar-refractivity contribution in [3.05, 3.63) is 35.1 Å². The van der Waals surface area contributed by atoms with E-state index in [4.69, 9.17) is 16.7 Å². The summed E-state index contributed by atoms with van der Waals surface area (Å²) in [6.07, 6.45) is 1.71. The number of carboxylic acid groups (broad SMARTS) is 1. The first-order valence-electron chi connectivity index (χ1n) is 5.64. The van der Waals surface area contributed by atoms with Crippen LogP contribution in [0.15, 0.2) is 24.4 Å². The highest BCUT2D eigenvalue weighted by Gasteiger charge is 2.14. The predicted octanol–water partition coefficient (Wildman–Crippen LogP) is 2.93. The molecule has 0 unspecified atom stereocenters. The van der Waals surface area contributed by atoms with Gasteiger partial charge in [0.2, 0.25) is 5.91 Å². The predicted molar refractivity (Wildman–Crippen MR) is 72.6 cm³/mol. The number of carbonyl (C=O) groups is 2. The lowest BCUT2D eigenvalue weighted by atomic mass is 10.1. The molecule has 0 spiro atoms. The fraction of sp³-hybridized carbons (Fsp3) is 0.154. The maximum Gasteiger partial charge on any atom is 0.355 e.